The van der Waals surface area contributed by atoms with E-state index in [9.17, 15) is 4.79 Å². The Hall–Kier alpha value is -1.83. The van der Waals surface area contributed by atoms with Crippen molar-refractivity contribution in [1.29, 1.82) is 0 Å². The third-order valence-electron chi connectivity index (χ3n) is 4.39. The standard InChI is InChI=1S/C19H26N4O2S/c1-13-12-25-15(14-8-6-5-7-9-14)10-23(13)11-16(24)20-18-22-21-17(26-18)19(2,3)4/h5-9,13,15H,10-12H2,1-4H3,(H,20,22,24). The lowest BCUT2D eigenvalue weighted by Gasteiger charge is -2.37. The maximum atomic E-state index is 12.5. The number of carbonyl (C=O) groups is 1. The first-order valence-electron chi connectivity index (χ1n) is 8.87. The molecule has 1 saturated heterocycles. The van der Waals surface area contributed by atoms with Gasteiger partial charge < -0.3 is 4.74 Å². The number of morpholine rings is 1. The third kappa shape index (κ3) is 4.66. The van der Waals surface area contributed by atoms with E-state index in [4.69, 9.17) is 4.74 Å². The lowest BCUT2D eigenvalue weighted by Crippen LogP contribution is -2.48. The van der Waals surface area contributed by atoms with E-state index < -0.39 is 0 Å². The van der Waals surface area contributed by atoms with Crippen LogP contribution in [0, 0.1) is 0 Å². The minimum Gasteiger partial charge on any atom is -0.371 e. The van der Waals surface area contributed by atoms with Crippen molar-refractivity contribution in [3.63, 3.8) is 0 Å². The Kier molecular flexibility index (Phi) is 5.70. The molecule has 2 atom stereocenters. The summed E-state index contributed by atoms with van der Waals surface area (Å²) in [5, 5.41) is 12.6. The largest absolute Gasteiger partial charge is 0.371 e. The number of rotatable bonds is 4. The average molecular weight is 375 g/mol. The predicted molar refractivity (Wildman–Crippen MR) is 103 cm³/mol. The number of anilines is 1. The molecule has 6 nitrogen and oxygen atoms in total. The molecular formula is C19H26N4O2S. The second kappa shape index (κ2) is 7.82. The molecule has 0 saturated carbocycles. The highest BCUT2D eigenvalue weighted by atomic mass is 32.1. The van der Waals surface area contributed by atoms with Crippen LogP contribution in [-0.2, 0) is 14.9 Å². The molecule has 2 aromatic rings. The van der Waals surface area contributed by atoms with Gasteiger partial charge in [-0.1, -0.05) is 62.4 Å². The molecule has 26 heavy (non-hydrogen) atoms. The molecule has 0 bridgehead atoms. The first kappa shape index (κ1) is 18.9. The highest BCUT2D eigenvalue weighted by Crippen LogP contribution is 2.28. The van der Waals surface area contributed by atoms with E-state index in [2.05, 4.69) is 60.2 Å². The maximum absolute atomic E-state index is 12.5. The van der Waals surface area contributed by atoms with Crippen LogP contribution >= 0.6 is 11.3 Å². The normalized spacial score (nSPS) is 21.5. The molecule has 0 radical (unpaired) electrons. The number of benzene rings is 1. The molecule has 2 unspecified atom stereocenters. The molecule has 1 aromatic carbocycles. The number of nitrogens with one attached hydrogen (secondary N) is 1. The fraction of sp³-hybridized carbons (Fsp3) is 0.526. The second-order valence-electron chi connectivity index (χ2n) is 7.72. The minimum absolute atomic E-state index is 0.00535. The molecule has 2 heterocycles. The van der Waals surface area contributed by atoms with Gasteiger partial charge >= 0.3 is 0 Å². The van der Waals surface area contributed by atoms with Crippen molar-refractivity contribution in [2.24, 2.45) is 0 Å². The monoisotopic (exact) mass is 374 g/mol. The zero-order valence-electron chi connectivity index (χ0n) is 15.7. The number of hydrogen-bond donors (Lipinski definition) is 1. The molecule has 140 valence electrons. The van der Waals surface area contributed by atoms with Crippen molar-refractivity contribution in [3.05, 3.63) is 40.9 Å². The zero-order chi connectivity index (χ0) is 18.7. The van der Waals surface area contributed by atoms with E-state index in [1.165, 1.54) is 11.3 Å². The van der Waals surface area contributed by atoms with E-state index in [1.54, 1.807) is 0 Å². The topological polar surface area (TPSA) is 67.3 Å². The number of ether oxygens (including phenoxy) is 1. The highest BCUT2D eigenvalue weighted by molar-refractivity contribution is 7.15. The van der Waals surface area contributed by atoms with Crippen molar-refractivity contribution in [3.8, 4) is 0 Å². The number of amides is 1. The Balaban J connectivity index is 1.60. The maximum Gasteiger partial charge on any atom is 0.240 e. The van der Waals surface area contributed by atoms with Crippen molar-refractivity contribution in [1.82, 2.24) is 15.1 Å². The summed E-state index contributed by atoms with van der Waals surface area (Å²) >= 11 is 1.43. The summed E-state index contributed by atoms with van der Waals surface area (Å²) in [6, 6.07) is 10.3. The van der Waals surface area contributed by atoms with E-state index >= 15 is 0 Å². The highest BCUT2D eigenvalue weighted by Gasteiger charge is 2.29. The molecule has 1 N–H and O–H groups in total. The number of aromatic nitrogens is 2. The fourth-order valence-corrected chi connectivity index (χ4v) is 3.63. The van der Waals surface area contributed by atoms with Crippen molar-refractivity contribution in [2.45, 2.75) is 45.3 Å². The summed E-state index contributed by atoms with van der Waals surface area (Å²) in [7, 11) is 0. The Morgan fingerprint density at radius 3 is 2.69 bits per heavy atom. The van der Waals surface area contributed by atoms with Gasteiger partial charge in [0.1, 0.15) is 5.01 Å². The van der Waals surface area contributed by atoms with Gasteiger partial charge in [0.25, 0.3) is 0 Å². The van der Waals surface area contributed by atoms with E-state index in [-0.39, 0.29) is 23.5 Å². The molecule has 3 rings (SSSR count). The number of nitrogens with zero attached hydrogens (tertiary/aromatic N) is 3. The summed E-state index contributed by atoms with van der Waals surface area (Å²) in [4.78, 5) is 14.6. The van der Waals surface area contributed by atoms with Crippen molar-refractivity contribution >= 4 is 22.4 Å². The summed E-state index contributed by atoms with van der Waals surface area (Å²) in [5.74, 6) is -0.0674. The van der Waals surface area contributed by atoms with Gasteiger partial charge in [-0.05, 0) is 12.5 Å². The van der Waals surface area contributed by atoms with Gasteiger partial charge in [-0.25, -0.2) is 0 Å². The Morgan fingerprint density at radius 2 is 2.04 bits per heavy atom. The van der Waals surface area contributed by atoms with Gasteiger partial charge in [0, 0.05) is 18.0 Å². The predicted octanol–water partition coefficient (Wildman–Crippen LogP) is 3.24. The zero-order valence-corrected chi connectivity index (χ0v) is 16.5. The first-order chi connectivity index (χ1) is 12.3. The molecule has 1 amide bonds. The lowest BCUT2D eigenvalue weighted by molar-refractivity contribution is -0.121. The molecule has 1 fully saturated rings. The smallest absolute Gasteiger partial charge is 0.240 e. The van der Waals surface area contributed by atoms with Gasteiger partial charge in [-0.3, -0.25) is 15.0 Å². The van der Waals surface area contributed by atoms with Gasteiger partial charge in [0.05, 0.1) is 19.3 Å². The van der Waals surface area contributed by atoms with Crippen LogP contribution in [-0.4, -0.2) is 46.7 Å². The SMILES string of the molecule is CC1COC(c2ccccc2)CN1CC(=O)Nc1nnc(C(C)(C)C)s1. The van der Waals surface area contributed by atoms with Gasteiger partial charge in [-0.2, -0.15) is 0 Å². The van der Waals surface area contributed by atoms with Gasteiger partial charge in [0.15, 0.2) is 0 Å². The Labute approximate surface area is 158 Å². The Morgan fingerprint density at radius 1 is 1.31 bits per heavy atom. The molecule has 0 aliphatic carbocycles. The molecule has 0 spiro atoms. The summed E-state index contributed by atoms with van der Waals surface area (Å²) in [6.07, 6.45) is -0.00535. The second-order valence-corrected chi connectivity index (χ2v) is 8.70. The summed E-state index contributed by atoms with van der Waals surface area (Å²) in [6.45, 7) is 9.95. The molecular weight excluding hydrogens is 348 g/mol. The van der Waals surface area contributed by atoms with Crippen LogP contribution in [0.1, 0.15) is 44.4 Å². The lowest BCUT2D eigenvalue weighted by atomic mass is 9.98. The summed E-state index contributed by atoms with van der Waals surface area (Å²) in [5.41, 5.74) is 1.08. The van der Waals surface area contributed by atoms with E-state index in [1.807, 2.05) is 18.2 Å². The molecule has 1 aromatic heterocycles. The van der Waals surface area contributed by atoms with Crippen LogP contribution in [0.2, 0.25) is 0 Å². The van der Waals surface area contributed by atoms with Crippen LogP contribution in [0.4, 0.5) is 5.13 Å². The van der Waals surface area contributed by atoms with Crippen LogP contribution < -0.4 is 5.32 Å². The van der Waals surface area contributed by atoms with Gasteiger partial charge in [-0.15, -0.1) is 10.2 Å². The molecule has 1 aliphatic rings. The Bertz CT molecular complexity index is 741. The van der Waals surface area contributed by atoms with Crippen LogP contribution in [0.25, 0.3) is 0 Å². The van der Waals surface area contributed by atoms with Gasteiger partial charge in [0.2, 0.25) is 11.0 Å². The number of hydrogen-bond acceptors (Lipinski definition) is 6. The van der Waals surface area contributed by atoms with Crippen LogP contribution in [0.15, 0.2) is 30.3 Å². The summed E-state index contributed by atoms with van der Waals surface area (Å²) < 4.78 is 5.95. The fourth-order valence-electron chi connectivity index (χ4n) is 2.82. The van der Waals surface area contributed by atoms with E-state index in [0.29, 0.717) is 24.8 Å². The minimum atomic E-state index is -0.0674. The van der Waals surface area contributed by atoms with Crippen molar-refractivity contribution in [2.75, 3.05) is 25.0 Å². The quantitative estimate of drug-likeness (QED) is 0.890. The third-order valence-corrected chi connectivity index (χ3v) is 5.66. The molecule has 1 aliphatic heterocycles. The molecule has 7 heteroatoms. The first-order valence-corrected chi connectivity index (χ1v) is 9.69. The number of carbonyl (C=O) groups excluding carboxylic acids is 1. The van der Waals surface area contributed by atoms with Crippen molar-refractivity contribution < 1.29 is 9.53 Å². The van der Waals surface area contributed by atoms with E-state index in [0.717, 1.165) is 10.6 Å². The van der Waals surface area contributed by atoms with Crippen LogP contribution in [0.3, 0.4) is 0 Å². The average Bonchev–Trinajstić information content (AvgIpc) is 3.06. The van der Waals surface area contributed by atoms with Crippen LogP contribution in [0.5, 0.6) is 0 Å².